The van der Waals surface area contributed by atoms with Crippen LogP contribution in [-0.4, -0.2) is 16.6 Å². The molecule has 98 valence electrons. The highest BCUT2D eigenvalue weighted by Gasteiger charge is 2.64. The molecule has 0 aromatic heterocycles. The highest BCUT2D eigenvalue weighted by Crippen LogP contribution is 2.52. The molecule has 0 amide bonds. The van der Waals surface area contributed by atoms with Crippen LogP contribution < -0.4 is 5.32 Å². The van der Waals surface area contributed by atoms with Crippen molar-refractivity contribution in [1.29, 1.82) is 0 Å². The third-order valence-corrected chi connectivity index (χ3v) is 2.84. The summed E-state index contributed by atoms with van der Waals surface area (Å²) in [6.07, 6.45) is -4.87. The second-order valence-electron chi connectivity index (χ2n) is 4.10. The standard InChI is InChI=1S/C10H8F4N2O2/c11-6-2-1-3-7(8(6)16(17)18)15-9(4-5-9)10(12,13)14/h1-3,15H,4-5H2. The lowest BCUT2D eigenvalue weighted by Gasteiger charge is -2.21. The molecule has 0 atom stereocenters. The molecule has 1 N–H and O–H groups in total. The van der Waals surface area contributed by atoms with Gasteiger partial charge in [-0.15, -0.1) is 0 Å². The Kier molecular flexibility index (Phi) is 2.67. The first-order valence-corrected chi connectivity index (χ1v) is 5.05. The molecular weight excluding hydrogens is 256 g/mol. The average Bonchev–Trinajstić information content (AvgIpc) is 2.97. The Morgan fingerprint density at radius 3 is 2.39 bits per heavy atom. The van der Waals surface area contributed by atoms with Gasteiger partial charge in [0.05, 0.1) is 4.92 Å². The minimum Gasteiger partial charge on any atom is -0.366 e. The van der Waals surface area contributed by atoms with Crippen molar-refractivity contribution in [3.05, 3.63) is 34.1 Å². The minimum absolute atomic E-state index is 0.176. The number of rotatable bonds is 3. The fraction of sp³-hybridized carbons (Fsp3) is 0.400. The van der Waals surface area contributed by atoms with Crippen LogP contribution in [0.15, 0.2) is 18.2 Å². The van der Waals surface area contributed by atoms with Crippen LogP contribution in [0.2, 0.25) is 0 Å². The van der Waals surface area contributed by atoms with Crippen LogP contribution in [0.4, 0.5) is 28.9 Å². The zero-order valence-electron chi connectivity index (χ0n) is 8.92. The third kappa shape index (κ3) is 1.98. The molecule has 0 radical (unpaired) electrons. The van der Waals surface area contributed by atoms with Crippen molar-refractivity contribution in [1.82, 2.24) is 0 Å². The van der Waals surface area contributed by atoms with Gasteiger partial charge in [-0.05, 0) is 25.0 Å². The summed E-state index contributed by atoms with van der Waals surface area (Å²) in [5, 5.41) is 12.7. The molecule has 1 saturated carbocycles. The summed E-state index contributed by atoms with van der Waals surface area (Å²) in [6.45, 7) is 0. The van der Waals surface area contributed by atoms with E-state index < -0.39 is 33.8 Å². The lowest BCUT2D eigenvalue weighted by atomic mass is 10.2. The first kappa shape index (κ1) is 12.6. The summed E-state index contributed by atoms with van der Waals surface area (Å²) in [5.41, 5.74) is -3.58. The normalized spacial score (nSPS) is 17.3. The number of nitrogens with zero attached hydrogens (tertiary/aromatic N) is 1. The molecule has 2 rings (SSSR count). The van der Waals surface area contributed by atoms with E-state index in [9.17, 15) is 27.7 Å². The summed E-state index contributed by atoms with van der Waals surface area (Å²) in [6, 6.07) is 3.01. The average molecular weight is 264 g/mol. The predicted molar refractivity (Wildman–Crippen MR) is 54.7 cm³/mol. The van der Waals surface area contributed by atoms with Gasteiger partial charge in [0.25, 0.3) is 0 Å². The number of benzene rings is 1. The van der Waals surface area contributed by atoms with Crippen LogP contribution in [0.1, 0.15) is 12.8 Å². The molecule has 1 aromatic carbocycles. The number of anilines is 1. The summed E-state index contributed by atoms with van der Waals surface area (Å²) >= 11 is 0. The van der Waals surface area contributed by atoms with E-state index >= 15 is 0 Å². The lowest BCUT2D eigenvalue weighted by molar-refractivity contribution is -0.386. The molecule has 1 aliphatic carbocycles. The molecular formula is C10H8F4N2O2. The predicted octanol–water partition coefficient (Wildman–Crippen LogP) is 3.24. The SMILES string of the molecule is O=[N+]([O-])c1c(F)cccc1NC1(C(F)(F)F)CC1. The van der Waals surface area contributed by atoms with Crippen LogP contribution in [0.3, 0.4) is 0 Å². The van der Waals surface area contributed by atoms with E-state index in [0.717, 1.165) is 18.2 Å². The maximum atomic E-state index is 13.2. The quantitative estimate of drug-likeness (QED) is 0.518. The molecule has 0 spiro atoms. The number of nitro benzene ring substituents is 1. The van der Waals surface area contributed by atoms with Gasteiger partial charge in [-0.3, -0.25) is 10.1 Å². The van der Waals surface area contributed by atoms with E-state index in [0.29, 0.717) is 0 Å². The lowest BCUT2D eigenvalue weighted by Crippen LogP contribution is -2.38. The largest absolute Gasteiger partial charge is 0.411 e. The second-order valence-corrected chi connectivity index (χ2v) is 4.10. The molecule has 4 nitrogen and oxygen atoms in total. The number of para-hydroxylation sites is 1. The van der Waals surface area contributed by atoms with Crippen molar-refractivity contribution >= 4 is 11.4 Å². The monoisotopic (exact) mass is 264 g/mol. The number of nitrogens with one attached hydrogen (secondary N) is 1. The van der Waals surface area contributed by atoms with Gasteiger partial charge in [-0.25, -0.2) is 0 Å². The summed E-state index contributed by atoms with van der Waals surface area (Å²) in [7, 11) is 0. The molecule has 18 heavy (non-hydrogen) atoms. The molecule has 1 aliphatic rings. The molecule has 0 saturated heterocycles. The smallest absolute Gasteiger partial charge is 0.366 e. The maximum Gasteiger partial charge on any atom is 0.411 e. The first-order valence-electron chi connectivity index (χ1n) is 5.05. The minimum atomic E-state index is -4.52. The Morgan fingerprint density at radius 1 is 1.33 bits per heavy atom. The van der Waals surface area contributed by atoms with Gasteiger partial charge in [0.15, 0.2) is 0 Å². The highest BCUT2D eigenvalue weighted by atomic mass is 19.4. The van der Waals surface area contributed by atoms with Crippen LogP contribution in [0.5, 0.6) is 0 Å². The van der Waals surface area contributed by atoms with E-state index in [4.69, 9.17) is 0 Å². The fourth-order valence-electron chi connectivity index (χ4n) is 1.66. The van der Waals surface area contributed by atoms with Crippen molar-refractivity contribution in [3.8, 4) is 0 Å². The van der Waals surface area contributed by atoms with Crippen molar-refractivity contribution in [2.24, 2.45) is 0 Å². The number of hydrogen-bond acceptors (Lipinski definition) is 3. The Labute approximate surface area is 98.8 Å². The van der Waals surface area contributed by atoms with E-state index in [1.165, 1.54) is 0 Å². The summed E-state index contributed by atoms with van der Waals surface area (Å²) < 4.78 is 51.3. The summed E-state index contributed by atoms with van der Waals surface area (Å²) in [5.74, 6) is -1.16. The van der Waals surface area contributed by atoms with Crippen molar-refractivity contribution < 1.29 is 22.5 Å². The third-order valence-electron chi connectivity index (χ3n) is 2.84. The van der Waals surface area contributed by atoms with E-state index in [1.807, 2.05) is 0 Å². The van der Waals surface area contributed by atoms with Gasteiger partial charge < -0.3 is 5.32 Å². The molecule has 8 heteroatoms. The van der Waals surface area contributed by atoms with Crippen LogP contribution in [-0.2, 0) is 0 Å². The highest BCUT2D eigenvalue weighted by molar-refractivity contribution is 5.64. The first-order chi connectivity index (χ1) is 8.27. The zero-order chi connectivity index (χ0) is 13.6. The topological polar surface area (TPSA) is 55.2 Å². The molecule has 1 aromatic rings. The Hall–Kier alpha value is -1.86. The maximum absolute atomic E-state index is 13.2. The van der Waals surface area contributed by atoms with Crippen molar-refractivity contribution in [3.63, 3.8) is 0 Å². The van der Waals surface area contributed by atoms with Gasteiger partial charge >= 0.3 is 11.9 Å². The molecule has 0 aliphatic heterocycles. The van der Waals surface area contributed by atoms with E-state index in [-0.39, 0.29) is 12.8 Å². The Bertz CT molecular complexity index is 497. The summed E-state index contributed by atoms with van der Waals surface area (Å²) in [4.78, 5) is 9.61. The van der Waals surface area contributed by atoms with E-state index in [2.05, 4.69) is 5.32 Å². The van der Waals surface area contributed by atoms with Crippen molar-refractivity contribution in [2.45, 2.75) is 24.6 Å². The van der Waals surface area contributed by atoms with Crippen LogP contribution >= 0.6 is 0 Å². The molecule has 0 heterocycles. The van der Waals surface area contributed by atoms with Gasteiger partial charge in [-0.1, -0.05) is 6.07 Å². The zero-order valence-corrected chi connectivity index (χ0v) is 8.92. The van der Waals surface area contributed by atoms with Crippen molar-refractivity contribution in [2.75, 3.05) is 5.32 Å². The van der Waals surface area contributed by atoms with Gasteiger partial charge in [0.2, 0.25) is 5.82 Å². The van der Waals surface area contributed by atoms with Gasteiger partial charge in [-0.2, -0.15) is 17.6 Å². The Balaban J connectivity index is 2.36. The fourth-order valence-corrected chi connectivity index (χ4v) is 1.66. The van der Waals surface area contributed by atoms with Gasteiger partial charge in [0, 0.05) is 0 Å². The van der Waals surface area contributed by atoms with Crippen LogP contribution in [0, 0.1) is 15.9 Å². The molecule has 1 fully saturated rings. The second kappa shape index (κ2) is 3.82. The van der Waals surface area contributed by atoms with Gasteiger partial charge in [0.1, 0.15) is 11.2 Å². The van der Waals surface area contributed by atoms with Crippen LogP contribution in [0.25, 0.3) is 0 Å². The number of nitro groups is 1. The number of hydrogen-bond donors (Lipinski definition) is 1. The molecule has 0 unspecified atom stereocenters. The number of alkyl halides is 3. The molecule has 0 bridgehead atoms. The van der Waals surface area contributed by atoms with E-state index in [1.54, 1.807) is 0 Å². The number of halogens is 4. The Morgan fingerprint density at radius 2 is 1.94 bits per heavy atom.